The van der Waals surface area contributed by atoms with Crippen molar-refractivity contribution in [2.45, 2.75) is 0 Å². The molecular weight excluding hydrogens is 759 g/mol. The van der Waals surface area contributed by atoms with E-state index in [2.05, 4.69) is 126 Å². The molecule has 0 N–H and O–H groups in total. The number of benzene rings is 10. The van der Waals surface area contributed by atoms with Crippen LogP contribution in [0.5, 0.6) is 0 Å². The minimum Gasteiger partial charge on any atom is -0.436 e. The molecule has 0 aliphatic carbocycles. The lowest BCUT2D eigenvalue weighted by atomic mass is 9.96. The maximum absolute atomic E-state index is 10.5. The molecule has 0 unspecified atom stereocenters. The molecule has 0 bridgehead atoms. The monoisotopic (exact) mass is 789 g/mol. The Morgan fingerprint density at radius 2 is 0.903 bits per heavy atom. The Labute approximate surface area is 356 Å². The van der Waals surface area contributed by atoms with E-state index in [-0.39, 0.29) is 0 Å². The van der Waals surface area contributed by atoms with Gasteiger partial charge in [0.25, 0.3) is 0 Å². The Balaban J connectivity index is 1.01. The number of nitrogens with zero attached hydrogens (tertiary/aromatic N) is 5. The van der Waals surface area contributed by atoms with Crippen molar-refractivity contribution in [3.63, 3.8) is 0 Å². The average molecular weight is 790 g/mol. The zero-order valence-electron chi connectivity index (χ0n) is 33.0. The summed E-state index contributed by atoms with van der Waals surface area (Å²) in [6.45, 7) is 0. The molecule has 0 aliphatic rings. The molecule has 6 heteroatoms. The lowest BCUT2D eigenvalue weighted by Crippen LogP contribution is -2.10. The summed E-state index contributed by atoms with van der Waals surface area (Å²) in [5, 5.41) is 38.1. The number of oxazole rings is 1. The van der Waals surface area contributed by atoms with Gasteiger partial charge in [-0.05, 0) is 151 Å². The number of hydrogen-bond donors (Lipinski definition) is 0. The first kappa shape index (κ1) is 36.1. The quantitative estimate of drug-likeness (QED) is 0.166. The molecule has 1 heterocycles. The molecule has 0 aliphatic heterocycles. The third-order valence-corrected chi connectivity index (χ3v) is 11.7. The van der Waals surface area contributed by atoms with Gasteiger partial charge in [-0.1, -0.05) is 97.1 Å². The van der Waals surface area contributed by atoms with Gasteiger partial charge >= 0.3 is 0 Å². The summed E-state index contributed by atoms with van der Waals surface area (Å²) in [5.41, 5.74) is 10.7. The molecule has 6 nitrogen and oxygen atoms in total. The number of para-hydroxylation sites is 2. The van der Waals surface area contributed by atoms with Crippen molar-refractivity contribution in [3.05, 3.63) is 205 Å². The van der Waals surface area contributed by atoms with Crippen molar-refractivity contribution < 1.29 is 4.42 Å². The van der Waals surface area contributed by atoms with Gasteiger partial charge < -0.3 is 9.32 Å². The molecule has 0 saturated carbocycles. The minimum absolute atomic E-state index is 0.399. The largest absolute Gasteiger partial charge is 0.436 e. The highest BCUT2D eigenvalue weighted by Crippen LogP contribution is 2.41. The second-order valence-corrected chi connectivity index (χ2v) is 15.4. The number of nitriles is 3. The van der Waals surface area contributed by atoms with Crippen LogP contribution in [0.25, 0.3) is 87.9 Å². The molecule has 11 rings (SSSR count). The Morgan fingerprint density at radius 3 is 1.56 bits per heavy atom. The fourth-order valence-corrected chi connectivity index (χ4v) is 8.60. The number of hydrogen-bond acceptors (Lipinski definition) is 6. The van der Waals surface area contributed by atoms with Crippen molar-refractivity contribution in [1.82, 2.24) is 4.98 Å². The van der Waals surface area contributed by atoms with E-state index in [4.69, 9.17) is 9.40 Å². The molecular formula is C56H31N5O. The Bertz CT molecular complexity index is 3730. The van der Waals surface area contributed by atoms with Crippen LogP contribution in [0.3, 0.4) is 0 Å². The van der Waals surface area contributed by atoms with Crippen LogP contribution >= 0.6 is 0 Å². The summed E-state index contributed by atoms with van der Waals surface area (Å²) < 4.78 is 6.11. The van der Waals surface area contributed by atoms with E-state index >= 15 is 0 Å². The second-order valence-electron chi connectivity index (χ2n) is 15.4. The van der Waals surface area contributed by atoms with Gasteiger partial charge in [0.1, 0.15) is 11.6 Å². The van der Waals surface area contributed by atoms with Gasteiger partial charge in [0.2, 0.25) is 5.89 Å². The van der Waals surface area contributed by atoms with E-state index in [1.54, 1.807) is 0 Å². The summed E-state index contributed by atoms with van der Waals surface area (Å²) in [7, 11) is 0. The first-order valence-electron chi connectivity index (χ1n) is 20.2. The standard InChI is InChI=1S/C56H31N5O/c57-32-45-7-4-6-44-27-40(19-23-51(44)45)36-13-15-41-28-48(20-17-38(41)25-36)61(50-22-24-52(47(30-50)34-59)56-60-54-9-1-2-10-55(54)62-56)49-21-18-39-26-37(14-16-42(39)29-49)43-12-11-35-5-3-8-46(33-58)53(35)31-43/h1-31H. The van der Waals surface area contributed by atoms with E-state index in [1.807, 2.05) is 84.9 Å². The van der Waals surface area contributed by atoms with Gasteiger partial charge in [0, 0.05) is 22.4 Å². The number of aromatic nitrogens is 1. The normalized spacial score (nSPS) is 11.2. The molecule has 0 amide bonds. The van der Waals surface area contributed by atoms with Crippen LogP contribution < -0.4 is 4.90 Å². The highest BCUT2D eigenvalue weighted by atomic mass is 16.3. The van der Waals surface area contributed by atoms with Crippen molar-refractivity contribution in [1.29, 1.82) is 15.8 Å². The zero-order valence-corrected chi connectivity index (χ0v) is 33.0. The first-order valence-corrected chi connectivity index (χ1v) is 20.2. The molecule has 0 atom stereocenters. The smallest absolute Gasteiger partial charge is 0.228 e. The van der Waals surface area contributed by atoms with Gasteiger partial charge in [0.05, 0.1) is 34.4 Å². The molecule has 0 spiro atoms. The lowest BCUT2D eigenvalue weighted by molar-refractivity contribution is 0.619. The van der Waals surface area contributed by atoms with E-state index < -0.39 is 0 Å². The van der Waals surface area contributed by atoms with E-state index in [9.17, 15) is 15.8 Å². The maximum Gasteiger partial charge on any atom is 0.228 e. The van der Waals surface area contributed by atoms with Gasteiger partial charge in [-0.3, -0.25) is 0 Å². The topological polar surface area (TPSA) is 101 Å². The summed E-state index contributed by atoms with van der Waals surface area (Å²) in [4.78, 5) is 6.88. The Kier molecular flexibility index (Phi) is 8.54. The number of rotatable bonds is 6. The minimum atomic E-state index is 0.399. The second kappa shape index (κ2) is 14.7. The SMILES string of the molecule is N#Cc1cc(N(c2ccc3cc(-c4ccc5c(C#N)cccc5c4)ccc3c2)c2ccc3cc(-c4ccc5cccc(C#N)c5c4)ccc3c2)ccc1-c1nc2ccccc2o1. The summed E-state index contributed by atoms with van der Waals surface area (Å²) >= 11 is 0. The van der Waals surface area contributed by atoms with Crippen LogP contribution in [0.15, 0.2) is 192 Å². The molecule has 0 saturated heterocycles. The summed E-state index contributed by atoms with van der Waals surface area (Å²) in [5.74, 6) is 0.399. The first-order chi connectivity index (χ1) is 30.5. The molecule has 10 aromatic carbocycles. The molecule has 11 aromatic rings. The molecule has 0 radical (unpaired) electrons. The zero-order chi connectivity index (χ0) is 41.7. The van der Waals surface area contributed by atoms with Crippen molar-refractivity contribution in [2.24, 2.45) is 0 Å². The van der Waals surface area contributed by atoms with Crippen LogP contribution in [0.1, 0.15) is 16.7 Å². The van der Waals surface area contributed by atoms with Crippen LogP contribution in [0.4, 0.5) is 17.1 Å². The Hall–Kier alpha value is -9.02. The van der Waals surface area contributed by atoms with E-state index in [0.29, 0.717) is 33.7 Å². The fourth-order valence-electron chi connectivity index (χ4n) is 8.60. The van der Waals surface area contributed by atoms with Crippen molar-refractivity contribution in [2.75, 3.05) is 4.90 Å². The lowest BCUT2D eigenvalue weighted by Gasteiger charge is -2.27. The van der Waals surface area contributed by atoms with Gasteiger partial charge in [-0.25, -0.2) is 4.98 Å². The van der Waals surface area contributed by atoms with Crippen molar-refractivity contribution in [3.8, 4) is 51.9 Å². The molecule has 286 valence electrons. The third-order valence-electron chi connectivity index (χ3n) is 11.7. The van der Waals surface area contributed by atoms with E-state index in [1.165, 1.54) is 0 Å². The highest BCUT2D eigenvalue weighted by molar-refractivity contribution is 5.98. The van der Waals surface area contributed by atoms with E-state index in [0.717, 1.165) is 87.9 Å². The van der Waals surface area contributed by atoms with Gasteiger partial charge in [0.15, 0.2) is 5.58 Å². The average Bonchev–Trinajstić information content (AvgIpc) is 3.77. The van der Waals surface area contributed by atoms with Crippen LogP contribution in [0, 0.1) is 34.0 Å². The van der Waals surface area contributed by atoms with Gasteiger partial charge in [-0.15, -0.1) is 0 Å². The third kappa shape index (κ3) is 6.23. The highest BCUT2D eigenvalue weighted by Gasteiger charge is 2.19. The predicted molar refractivity (Wildman–Crippen MR) is 249 cm³/mol. The molecule has 1 aromatic heterocycles. The van der Waals surface area contributed by atoms with Crippen LogP contribution in [-0.2, 0) is 0 Å². The summed E-state index contributed by atoms with van der Waals surface area (Å²) in [6.07, 6.45) is 0. The number of fused-ring (bicyclic) bond motifs is 5. The van der Waals surface area contributed by atoms with Crippen LogP contribution in [-0.4, -0.2) is 4.98 Å². The summed E-state index contributed by atoms with van der Waals surface area (Å²) in [6, 6.07) is 70.4. The van der Waals surface area contributed by atoms with Gasteiger partial charge in [-0.2, -0.15) is 15.8 Å². The predicted octanol–water partition coefficient (Wildman–Crippen LogP) is 14.5. The van der Waals surface area contributed by atoms with Crippen LogP contribution in [0.2, 0.25) is 0 Å². The maximum atomic E-state index is 10.5. The number of anilines is 3. The molecule has 0 fully saturated rings. The van der Waals surface area contributed by atoms with Crippen molar-refractivity contribution >= 4 is 71.3 Å². The Morgan fingerprint density at radius 1 is 0.387 bits per heavy atom. The fraction of sp³-hybridized carbons (Fsp3) is 0. The molecule has 62 heavy (non-hydrogen) atoms.